The zero-order chi connectivity index (χ0) is 18.1. The van der Waals surface area contributed by atoms with Crippen LogP contribution in [0.15, 0.2) is 36.5 Å². The Balaban J connectivity index is 1.73. The Bertz CT molecular complexity index is 1000. The average Bonchev–Trinajstić information content (AvgIpc) is 3.03. The molecule has 2 heterocycles. The van der Waals surface area contributed by atoms with E-state index in [1.165, 1.54) is 6.42 Å². The van der Waals surface area contributed by atoms with Crippen LogP contribution in [0.3, 0.4) is 0 Å². The molecule has 2 aromatic heterocycles. The van der Waals surface area contributed by atoms with Crippen molar-refractivity contribution in [3.8, 4) is 17.7 Å². The van der Waals surface area contributed by atoms with E-state index in [0.717, 1.165) is 42.1 Å². The maximum absolute atomic E-state index is 10.6. The van der Waals surface area contributed by atoms with Gasteiger partial charge in [-0.25, -0.2) is 0 Å². The van der Waals surface area contributed by atoms with Crippen molar-refractivity contribution in [3.05, 3.63) is 42.1 Å². The summed E-state index contributed by atoms with van der Waals surface area (Å²) in [7, 11) is 0. The quantitative estimate of drug-likeness (QED) is 0.587. The van der Waals surface area contributed by atoms with E-state index in [1.54, 1.807) is 6.07 Å². The Morgan fingerprint density at radius 3 is 2.62 bits per heavy atom. The van der Waals surface area contributed by atoms with Crippen molar-refractivity contribution in [2.75, 3.05) is 11.5 Å². The Labute approximate surface area is 151 Å². The molecule has 5 N–H and O–H groups in total. The van der Waals surface area contributed by atoms with Crippen LogP contribution in [0, 0.1) is 11.8 Å². The zero-order valence-electron chi connectivity index (χ0n) is 14.4. The molecule has 6 nitrogen and oxygen atoms in total. The fourth-order valence-electron chi connectivity index (χ4n) is 3.45. The second kappa shape index (κ2) is 6.36. The van der Waals surface area contributed by atoms with E-state index in [2.05, 4.69) is 21.8 Å². The summed E-state index contributed by atoms with van der Waals surface area (Å²) in [4.78, 5) is 8.17. The average molecular weight is 347 g/mol. The van der Waals surface area contributed by atoms with E-state index < -0.39 is 5.60 Å². The zero-order valence-corrected chi connectivity index (χ0v) is 14.4. The highest BCUT2D eigenvalue weighted by Crippen LogP contribution is 2.27. The summed E-state index contributed by atoms with van der Waals surface area (Å²) in [6.07, 6.45) is 6.65. The number of nitrogens with two attached hydrogens (primary N) is 2. The number of benzene rings is 1. The molecule has 0 saturated heterocycles. The highest BCUT2D eigenvalue weighted by Gasteiger charge is 2.26. The first-order valence-electron chi connectivity index (χ1n) is 8.80. The van der Waals surface area contributed by atoms with Gasteiger partial charge in [0.2, 0.25) is 5.95 Å². The second-order valence-corrected chi connectivity index (χ2v) is 6.81. The molecule has 0 atom stereocenters. The lowest BCUT2D eigenvalue weighted by molar-refractivity contribution is 0.0610. The second-order valence-electron chi connectivity index (χ2n) is 6.81. The molecule has 0 aliphatic heterocycles. The van der Waals surface area contributed by atoms with Gasteiger partial charge in [-0.1, -0.05) is 24.3 Å². The Hall–Kier alpha value is -3.04. The van der Waals surface area contributed by atoms with Crippen LogP contribution in [0.25, 0.3) is 16.7 Å². The van der Waals surface area contributed by atoms with E-state index in [0.29, 0.717) is 11.6 Å². The van der Waals surface area contributed by atoms with Gasteiger partial charge in [0.1, 0.15) is 17.2 Å². The van der Waals surface area contributed by atoms with Gasteiger partial charge in [0, 0.05) is 23.2 Å². The molecule has 6 heteroatoms. The van der Waals surface area contributed by atoms with Crippen LogP contribution in [-0.4, -0.2) is 25.2 Å². The van der Waals surface area contributed by atoms with Gasteiger partial charge in [-0.05, 0) is 43.9 Å². The van der Waals surface area contributed by atoms with Gasteiger partial charge in [0.05, 0.1) is 5.52 Å². The summed E-state index contributed by atoms with van der Waals surface area (Å²) in [5.74, 6) is 7.29. The number of hydrogen-bond donors (Lipinski definition) is 3. The lowest BCUT2D eigenvalue weighted by Gasteiger charge is -2.26. The summed E-state index contributed by atoms with van der Waals surface area (Å²) in [5, 5.41) is 11.6. The number of hydrogen-bond acceptors (Lipinski definition) is 5. The lowest BCUT2D eigenvalue weighted by atomic mass is 9.85. The normalized spacial score (nSPS) is 16.2. The van der Waals surface area contributed by atoms with E-state index in [9.17, 15) is 5.11 Å². The fourth-order valence-corrected chi connectivity index (χ4v) is 3.45. The number of anilines is 2. The van der Waals surface area contributed by atoms with Crippen LogP contribution in [0.2, 0.25) is 0 Å². The number of nitrogen functional groups attached to an aromatic ring is 2. The molecule has 0 radical (unpaired) electrons. The maximum Gasteiger partial charge on any atom is 0.223 e. The maximum atomic E-state index is 10.6. The molecule has 0 spiro atoms. The monoisotopic (exact) mass is 347 g/mol. The summed E-state index contributed by atoms with van der Waals surface area (Å²) < 4.78 is 1.91. The minimum atomic E-state index is -0.856. The third-order valence-corrected chi connectivity index (χ3v) is 4.81. The van der Waals surface area contributed by atoms with Crippen LogP contribution in [0.5, 0.6) is 0 Å². The van der Waals surface area contributed by atoms with Gasteiger partial charge in [-0.3, -0.25) is 0 Å². The first kappa shape index (κ1) is 16.4. The van der Waals surface area contributed by atoms with Gasteiger partial charge in [-0.15, -0.1) is 0 Å². The standard InChI is InChI=1S/C20H21N5O/c21-17-13-18(24-19(22)23-17)25-11-7-15-5-4-14(12-16(15)25)6-10-20(26)8-2-1-3-9-20/h4-5,7,11-13,26H,1-3,8-9H2,(H4,21,22,23,24). The first-order chi connectivity index (χ1) is 12.5. The third-order valence-electron chi connectivity index (χ3n) is 4.81. The molecule has 1 aliphatic rings. The lowest BCUT2D eigenvalue weighted by Crippen LogP contribution is -2.29. The van der Waals surface area contributed by atoms with Crippen molar-refractivity contribution in [2.24, 2.45) is 0 Å². The van der Waals surface area contributed by atoms with Crippen molar-refractivity contribution in [2.45, 2.75) is 37.7 Å². The number of nitrogens with zero attached hydrogens (tertiary/aromatic N) is 3. The molecule has 132 valence electrons. The molecule has 1 fully saturated rings. The predicted octanol–water partition coefficient (Wildman–Crippen LogP) is 2.63. The van der Waals surface area contributed by atoms with Gasteiger partial charge in [-0.2, -0.15) is 9.97 Å². The molecule has 0 amide bonds. The number of aromatic nitrogens is 3. The van der Waals surface area contributed by atoms with E-state index >= 15 is 0 Å². The van der Waals surface area contributed by atoms with Crippen LogP contribution >= 0.6 is 0 Å². The molecule has 4 rings (SSSR count). The molecule has 3 aromatic rings. The SMILES string of the molecule is Nc1cc(-n2ccc3ccc(C#CC4(O)CCCCC4)cc32)nc(N)n1. The minimum Gasteiger partial charge on any atom is -0.383 e. The number of fused-ring (bicyclic) bond motifs is 1. The van der Waals surface area contributed by atoms with Crippen LogP contribution in [-0.2, 0) is 0 Å². The van der Waals surface area contributed by atoms with Gasteiger partial charge < -0.3 is 21.1 Å². The van der Waals surface area contributed by atoms with Crippen molar-refractivity contribution in [1.82, 2.24) is 14.5 Å². The Morgan fingerprint density at radius 1 is 1.04 bits per heavy atom. The van der Waals surface area contributed by atoms with Crippen LogP contribution < -0.4 is 11.5 Å². The van der Waals surface area contributed by atoms with Crippen LogP contribution in [0.1, 0.15) is 37.7 Å². The highest BCUT2D eigenvalue weighted by atomic mass is 16.3. The van der Waals surface area contributed by atoms with Crippen molar-refractivity contribution in [3.63, 3.8) is 0 Å². The fraction of sp³-hybridized carbons (Fsp3) is 0.300. The van der Waals surface area contributed by atoms with E-state index in [-0.39, 0.29) is 5.95 Å². The largest absolute Gasteiger partial charge is 0.383 e. The van der Waals surface area contributed by atoms with Gasteiger partial charge >= 0.3 is 0 Å². The minimum absolute atomic E-state index is 0.136. The Kier molecular flexibility index (Phi) is 4.02. The summed E-state index contributed by atoms with van der Waals surface area (Å²) in [6, 6.07) is 9.64. The molecule has 26 heavy (non-hydrogen) atoms. The molecule has 1 aromatic carbocycles. The van der Waals surface area contributed by atoms with Gasteiger partial charge in [0.15, 0.2) is 0 Å². The third kappa shape index (κ3) is 3.22. The highest BCUT2D eigenvalue weighted by molar-refractivity contribution is 5.83. The summed E-state index contributed by atoms with van der Waals surface area (Å²) in [5.41, 5.74) is 12.5. The molecular weight excluding hydrogens is 326 g/mol. The Morgan fingerprint density at radius 2 is 1.85 bits per heavy atom. The number of rotatable bonds is 1. The molecular formula is C20H21N5O. The topological polar surface area (TPSA) is 103 Å². The molecule has 0 bridgehead atoms. The smallest absolute Gasteiger partial charge is 0.223 e. The van der Waals surface area contributed by atoms with Gasteiger partial charge in [0.25, 0.3) is 0 Å². The summed E-state index contributed by atoms with van der Waals surface area (Å²) in [6.45, 7) is 0. The van der Waals surface area contributed by atoms with Crippen LogP contribution in [0.4, 0.5) is 11.8 Å². The molecule has 0 unspecified atom stereocenters. The predicted molar refractivity (Wildman–Crippen MR) is 103 cm³/mol. The summed E-state index contributed by atoms with van der Waals surface area (Å²) >= 11 is 0. The van der Waals surface area contributed by atoms with Crippen molar-refractivity contribution in [1.29, 1.82) is 0 Å². The molecule has 1 saturated carbocycles. The van der Waals surface area contributed by atoms with E-state index in [4.69, 9.17) is 11.5 Å². The van der Waals surface area contributed by atoms with Crippen molar-refractivity contribution < 1.29 is 5.11 Å². The molecule has 1 aliphatic carbocycles. The van der Waals surface area contributed by atoms with Crippen molar-refractivity contribution >= 4 is 22.7 Å². The van der Waals surface area contributed by atoms with E-state index in [1.807, 2.05) is 35.0 Å². The first-order valence-corrected chi connectivity index (χ1v) is 8.80. The number of aliphatic hydroxyl groups is 1.